The van der Waals surface area contributed by atoms with Gasteiger partial charge in [-0.05, 0) is 13.3 Å². The van der Waals surface area contributed by atoms with Crippen LogP contribution in [0.25, 0.3) is 0 Å². The maximum atomic E-state index is 11.9. The van der Waals surface area contributed by atoms with Gasteiger partial charge in [-0.1, -0.05) is 84.0 Å². The molecular formula is C40H80O13. The summed E-state index contributed by atoms with van der Waals surface area (Å²) < 4.78 is 65.1. The molecule has 0 aromatic carbocycles. The number of esters is 1. The zero-order chi connectivity index (χ0) is 38.2. The monoisotopic (exact) mass is 769 g/mol. The Kier molecular flexibility index (Phi) is 48.2. The van der Waals surface area contributed by atoms with E-state index in [-0.39, 0.29) is 12.6 Å². The minimum atomic E-state index is -0.131. The number of unbranched alkanes of at least 4 members (excludes halogenated alkanes) is 12. The summed E-state index contributed by atoms with van der Waals surface area (Å²) in [7, 11) is 0. The highest BCUT2D eigenvalue weighted by atomic mass is 16.6. The molecule has 0 N–H and O–H groups in total. The number of carbonyl (C=O) groups is 1. The van der Waals surface area contributed by atoms with Crippen LogP contribution in [0.15, 0.2) is 0 Å². The molecule has 0 amide bonds. The van der Waals surface area contributed by atoms with Gasteiger partial charge in [0.25, 0.3) is 0 Å². The van der Waals surface area contributed by atoms with Crippen molar-refractivity contribution in [2.75, 3.05) is 152 Å². The van der Waals surface area contributed by atoms with Crippen molar-refractivity contribution in [2.45, 2.75) is 104 Å². The van der Waals surface area contributed by atoms with Gasteiger partial charge in [0.2, 0.25) is 0 Å². The van der Waals surface area contributed by atoms with Crippen molar-refractivity contribution >= 4 is 5.97 Å². The van der Waals surface area contributed by atoms with Crippen LogP contribution in [0.5, 0.6) is 0 Å². The third-order valence-electron chi connectivity index (χ3n) is 7.90. The lowest BCUT2D eigenvalue weighted by Crippen LogP contribution is -2.15. The second kappa shape index (κ2) is 49.0. The zero-order valence-electron chi connectivity index (χ0n) is 34.0. The molecule has 0 aliphatic carbocycles. The fourth-order valence-electron chi connectivity index (χ4n) is 4.92. The van der Waals surface area contributed by atoms with Gasteiger partial charge in [-0.2, -0.15) is 0 Å². The van der Waals surface area contributed by atoms with Crippen LogP contribution in [0, 0.1) is 0 Å². The highest BCUT2D eigenvalue weighted by Crippen LogP contribution is 2.13. The predicted octanol–water partition coefficient (Wildman–Crippen LogP) is 6.21. The highest BCUT2D eigenvalue weighted by molar-refractivity contribution is 5.69. The Labute approximate surface area is 322 Å². The van der Waals surface area contributed by atoms with E-state index >= 15 is 0 Å². The van der Waals surface area contributed by atoms with Crippen LogP contribution in [0.3, 0.4) is 0 Å². The van der Waals surface area contributed by atoms with E-state index in [1.54, 1.807) is 0 Å². The van der Waals surface area contributed by atoms with Crippen LogP contribution in [-0.2, 0) is 61.6 Å². The molecule has 0 bridgehead atoms. The molecule has 13 heteroatoms. The molecular weight excluding hydrogens is 688 g/mol. The van der Waals surface area contributed by atoms with Crippen LogP contribution in [-0.4, -0.2) is 158 Å². The Hall–Kier alpha value is -0.970. The molecule has 0 aliphatic heterocycles. The number of rotatable bonds is 48. The van der Waals surface area contributed by atoms with E-state index in [4.69, 9.17) is 56.8 Å². The van der Waals surface area contributed by atoms with E-state index in [1.807, 2.05) is 6.92 Å². The summed E-state index contributed by atoms with van der Waals surface area (Å²) in [6.07, 6.45) is 17.3. The van der Waals surface area contributed by atoms with Gasteiger partial charge < -0.3 is 56.8 Å². The summed E-state index contributed by atoms with van der Waals surface area (Å²) in [5.74, 6) is -0.131. The van der Waals surface area contributed by atoms with Crippen LogP contribution < -0.4 is 0 Å². The molecule has 0 aromatic heterocycles. The zero-order valence-corrected chi connectivity index (χ0v) is 34.0. The second-order valence-corrected chi connectivity index (χ2v) is 12.5. The first kappa shape index (κ1) is 52.0. The van der Waals surface area contributed by atoms with Crippen molar-refractivity contribution in [3.63, 3.8) is 0 Å². The quantitative estimate of drug-likeness (QED) is 0.0515. The average Bonchev–Trinajstić information content (AvgIpc) is 3.16. The van der Waals surface area contributed by atoms with E-state index in [2.05, 4.69) is 6.92 Å². The van der Waals surface area contributed by atoms with Gasteiger partial charge in [0, 0.05) is 13.0 Å². The molecule has 0 aromatic rings. The summed E-state index contributed by atoms with van der Waals surface area (Å²) in [5.41, 5.74) is 0. The van der Waals surface area contributed by atoms with Crippen molar-refractivity contribution in [3.05, 3.63) is 0 Å². The van der Waals surface area contributed by atoms with E-state index in [0.29, 0.717) is 152 Å². The summed E-state index contributed by atoms with van der Waals surface area (Å²) in [6.45, 7) is 16.0. The average molecular weight is 769 g/mol. The number of ether oxygens (including phenoxy) is 12. The molecule has 318 valence electrons. The lowest BCUT2D eigenvalue weighted by atomic mass is 10.0. The molecule has 0 saturated carbocycles. The van der Waals surface area contributed by atoms with Gasteiger partial charge in [0.15, 0.2) is 0 Å². The largest absolute Gasteiger partial charge is 0.463 e. The Morgan fingerprint density at radius 1 is 0.283 bits per heavy atom. The molecule has 0 fully saturated rings. The van der Waals surface area contributed by atoms with Crippen LogP contribution in [0.4, 0.5) is 0 Å². The summed E-state index contributed by atoms with van der Waals surface area (Å²) >= 11 is 0. The lowest BCUT2D eigenvalue weighted by molar-refractivity contribution is -0.145. The predicted molar refractivity (Wildman–Crippen MR) is 206 cm³/mol. The second-order valence-electron chi connectivity index (χ2n) is 12.5. The first-order chi connectivity index (χ1) is 26.3. The van der Waals surface area contributed by atoms with E-state index < -0.39 is 0 Å². The smallest absolute Gasteiger partial charge is 0.305 e. The number of hydrogen-bond acceptors (Lipinski definition) is 13. The first-order valence-corrected chi connectivity index (χ1v) is 20.8. The molecule has 0 atom stereocenters. The lowest BCUT2D eigenvalue weighted by Gasteiger charge is -2.09. The van der Waals surface area contributed by atoms with Crippen LogP contribution in [0.1, 0.15) is 104 Å². The van der Waals surface area contributed by atoms with E-state index in [1.165, 1.54) is 70.6 Å². The van der Waals surface area contributed by atoms with Gasteiger partial charge in [0.05, 0.1) is 139 Å². The number of carbonyl (C=O) groups excluding carboxylic acids is 1. The van der Waals surface area contributed by atoms with Crippen molar-refractivity contribution in [1.82, 2.24) is 0 Å². The van der Waals surface area contributed by atoms with E-state index in [9.17, 15) is 4.79 Å². The molecule has 0 aliphatic rings. The Balaban J connectivity index is 3.12. The van der Waals surface area contributed by atoms with Crippen molar-refractivity contribution < 1.29 is 61.6 Å². The van der Waals surface area contributed by atoms with Gasteiger partial charge in [-0.3, -0.25) is 4.79 Å². The molecule has 0 radical (unpaired) electrons. The molecule has 53 heavy (non-hydrogen) atoms. The van der Waals surface area contributed by atoms with E-state index in [0.717, 1.165) is 12.8 Å². The standard InChI is InChI=1S/C40H80O13/c1-3-5-6-7-8-9-10-11-12-13-14-15-16-17-40(41)53-39-38-52-37-36-51-35-34-50-33-32-49-31-30-48-29-28-47-27-26-46-25-24-45-23-22-44-21-20-43-19-18-42-4-2/h3-39H2,1-2H3. The van der Waals surface area contributed by atoms with Crippen LogP contribution >= 0.6 is 0 Å². The normalized spacial score (nSPS) is 11.5. The Morgan fingerprint density at radius 2 is 0.509 bits per heavy atom. The van der Waals surface area contributed by atoms with Gasteiger partial charge >= 0.3 is 5.97 Å². The minimum Gasteiger partial charge on any atom is -0.463 e. The van der Waals surface area contributed by atoms with Crippen molar-refractivity contribution in [3.8, 4) is 0 Å². The van der Waals surface area contributed by atoms with Gasteiger partial charge in [-0.25, -0.2) is 0 Å². The third-order valence-corrected chi connectivity index (χ3v) is 7.90. The topological polar surface area (TPSA) is 128 Å². The Bertz CT molecular complexity index is 675. The SMILES string of the molecule is CCCCCCCCCCCCCCCC(=O)OCCOCCOCCOCCOCCOCCOCCOCCOCCOCCOCCOCC. The molecule has 0 spiro atoms. The van der Waals surface area contributed by atoms with Gasteiger partial charge in [0.1, 0.15) is 6.61 Å². The summed E-state index contributed by atoms with van der Waals surface area (Å²) in [6, 6.07) is 0. The maximum absolute atomic E-state index is 11.9. The molecule has 0 saturated heterocycles. The molecule has 0 rings (SSSR count). The molecule has 13 nitrogen and oxygen atoms in total. The minimum absolute atomic E-state index is 0.131. The number of hydrogen-bond donors (Lipinski definition) is 0. The summed E-state index contributed by atoms with van der Waals surface area (Å²) in [5, 5.41) is 0. The maximum Gasteiger partial charge on any atom is 0.305 e. The molecule has 0 heterocycles. The van der Waals surface area contributed by atoms with Gasteiger partial charge in [-0.15, -0.1) is 0 Å². The first-order valence-electron chi connectivity index (χ1n) is 20.8. The van der Waals surface area contributed by atoms with Crippen molar-refractivity contribution in [1.29, 1.82) is 0 Å². The molecule has 0 unspecified atom stereocenters. The Morgan fingerprint density at radius 3 is 0.774 bits per heavy atom. The summed E-state index contributed by atoms with van der Waals surface area (Å²) in [4.78, 5) is 11.9. The highest BCUT2D eigenvalue weighted by Gasteiger charge is 2.03. The fraction of sp³-hybridized carbons (Fsp3) is 0.975. The fourth-order valence-corrected chi connectivity index (χ4v) is 4.92. The van der Waals surface area contributed by atoms with Crippen LogP contribution in [0.2, 0.25) is 0 Å². The third kappa shape index (κ3) is 49.0. The van der Waals surface area contributed by atoms with Crippen molar-refractivity contribution in [2.24, 2.45) is 0 Å².